The number of aromatic nitrogens is 1. The first kappa shape index (κ1) is 25.3. The van der Waals surface area contributed by atoms with Crippen LogP contribution < -0.4 is 4.74 Å². The van der Waals surface area contributed by atoms with Crippen molar-refractivity contribution in [2.45, 2.75) is 26.2 Å². The van der Waals surface area contributed by atoms with Crippen molar-refractivity contribution in [2.75, 3.05) is 46.0 Å². The lowest BCUT2D eigenvalue weighted by atomic mass is 9.77. The fraction of sp³-hybridized carbons (Fsp3) is 0.448. The summed E-state index contributed by atoms with van der Waals surface area (Å²) in [5.74, 6) is 0.262. The van der Waals surface area contributed by atoms with E-state index < -0.39 is 5.41 Å². The van der Waals surface area contributed by atoms with Crippen LogP contribution in [-0.4, -0.2) is 72.2 Å². The molecule has 7 nitrogen and oxygen atoms in total. The number of nitrogens with zero attached hydrogens (tertiary/aromatic N) is 3. The first-order chi connectivity index (χ1) is 17.9. The molecule has 0 N–H and O–H groups in total. The molecule has 5 rings (SSSR count). The van der Waals surface area contributed by atoms with Gasteiger partial charge in [-0.2, -0.15) is 0 Å². The van der Waals surface area contributed by atoms with E-state index in [0.717, 1.165) is 29.4 Å². The molecule has 2 saturated heterocycles. The van der Waals surface area contributed by atoms with Crippen LogP contribution in [0.4, 0.5) is 4.39 Å². The van der Waals surface area contributed by atoms with Crippen molar-refractivity contribution < 1.29 is 23.5 Å². The zero-order valence-corrected chi connectivity index (χ0v) is 21.5. The van der Waals surface area contributed by atoms with Crippen molar-refractivity contribution in [1.82, 2.24) is 14.4 Å². The Morgan fingerprint density at radius 3 is 2.51 bits per heavy atom. The van der Waals surface area contributed by atoms with Crippen molar-refractivity contribution in [1.29, 1.82) is 0 Å². The number of likely N-dealkylation sites (tertiary alicyclic amines) is 1. The Labute approximate surface area is 216 Å². The van der Waals surface area contributed by atoms with E-state index in [1.165, 1.54) is 12.1 Å². The highest BCUT2D eigenvalue weighted by molar-refractivity contribution is 6.08. The maximum absolute atomic E-state index is 14.0. The van der Waals surface area contributed by atoms with E-state index in [0.29, 0.717) is 50.7 Å². The predicted molar refractivity (Wildman–Crippen MR) is 139 cm³/mol. The summed E-state index contributed by atoms with van der Waals surface area (Å²) in [6.07, 6.45) is 1.83. The van der Waals surface area contributed by atoms with Crippen molar-refractivity contribution in [3.05, 3.63) is 65.6 Å². The third-order valence-electron chi connectivity index (χ3n) is 7.81. The molecule has 2 aliphatic rings. The minimum absolute atomic E-state index is 0.0148. The van der Waals surface area contributed by atoms with Crippen LogP contribution in [0.5, 0.6) is 5.75 Å². The van der Waals surface area contributed by atoms with E-state index in [1.807, 2.05) is 48.0 Å². The fourth-order valence-corrected chi connectivity index (χ4v) is 5.66. The van der Waals surface area contributed by atoms with E-state index in [4.69, 9.17) is 9.47 Å². The zero-order valence-electron chi connectivity index (χ0n) is 21.5. The molecule has 0 spiro atoms. The lowest BCUT2D eigenvalue weighted by Gasteiger charge is -2.43. The lowest BCUT2D eigenvalue weighted by molar-refractivity contribution is -0.139. The number of para-hydroxylation sites is 1. The normalized spacial score (nSPS) is 20.3. The summed E-state index contributed by atoms with van der Waals surface area (Å²) < 4.78 is 27.0. The number of piperidine rings is 1. The third kappa shape index (κ3) is 5.21. The van der Waals surface area contributed by atoms with Crippen molar-refractivity contribution >= 4 is 22.7 Å². The van der Waals surface area contributed by atoms with Gasteiger partial charge in [-0.25, -0.2) is 4.39 Å². The van der Waals surface area contributed by atoms with Crippen LogP contribution in [-0.2, 0) is 16.6 Å². The smallest absolute Gasteiger partial charge is 0.256 e. The van der Waals surface area contributed by atoms with Gasteiger partial charge in [-0.15, -0.1) is 0 Å². The Hall–Kier alpha value is -3.39. The highest BCUT2D eigenvalue weighted by Gasteiger charge is 2.42. The molecule has 3 heterocycles. The summed E-state index contributed by atoms with van der Waals surface area (Å²) in [4.78, 5) is 31.1. The summed E-state index contributed by atoms with van der Waals surface area (Å²) in [5, 5.41) is 0.940. The number of carbonyl (C=O) groups is 2. The standard InChI is InChI=1S/C29H34FN3O4/c1-21-27(24-6-3-4-7-25(24)31(21)2)28(35)33-13-5-12-29(19-33,18-26(34)32-14-16-36-17-15-32)20-37-23-10-8-22(30)9-11-23/h3-4,6-11H,5,12-20H2,1-2H3/t29-/m0/s1. The Morgan fingerprint density at radius 1 is 1.03 bits per heavy atom. The minimum Gasteiger partial charge on any atom is -0.493 e. The van der Waals surface area contributed by atoms with Crippen LogP contribution in [0, 0.1) is 18.2 Å². The minimum atomic E-state index is -0.545. The van der Waals surface area contributed by atoms with E-state index in [9.17, 15) is 14.0 Å². The quantitative estimate of drug-likeness (QED) is 0.502. The molecular formula is C29H34FN3O4. The molecule has 1 atom stereocenters. The molecule has 2 aromatic carbocycles. The van der Waals surface area contributed by atoms with Crippen molar-refractivity contribution in [3.63, 3.8) is 0 Å². The van der Waals surface area contributed by atoms with Gasteiger partial charge >= 0.3 is 0 Å². The van der Waals surface area contributed by atoms with Gasteiger partial charge in [0.15, 0.2) is 0 Å². The Bertz CT molecular complexity index is 1280. The van der Waals surface area contributed by atoms with Gasteiger partial charge in [-0.1, -0.05) is 18.2 Å². The molecule has 0 unspecified atom stereocenters. The molecule has 0 radical (unpaired) electrons. The molecule has 196 valence electrons. The lowest BCUT2D eigenvalue weighted by Crippen LogP contribution is -2.52. The van der Waals surface area contributed by atoms with E-state index in [-0.39, 0.29) is 30.7 Å². The van der Waals surface area contributed by atoms with Gasteiger partial charge in [0.2, 0.25) is 5.91 Å². The highest BCUT2D eigenvalue weighted by atomic mass is 19.1. The predicted octanol–water partition coefficient (Wildman–Crippen LogP) is 4.18. The number of aryl methyl sites for hydroxylation is 1. The molecule has 1 aromatic heterocycles. The second-order valence-electron chi connectivity index (χ2n) is 10.3. The van der Waals surface area contributed by atoms with E-state index >= 15 is 0 Å². The summed E-state index contributed by atoms with van der Waals surface area (Å²) in [6, 6.07) is 13.9. The highest BCUT2D eigenvalue weighted by Crippen LogP contribution is 2.37. The van der Waals surface area contributed by atoms with Gasteiger partial charge in [-0.05, 0) is 50.1 Å². The largest absolute Gasteiger partial charge is 0.493 e. The molecule has 0 bridgehead atoms. The van der Waals surface area contributed by atoms with Crippen molar-refractivity contribution in [2.24, 2.45) is 12.5 Å². The van der Waals surface area contributed by atoms with Gasteiger partial charge in [-0.3, -0.25) is 9.59 Å². The summed E-state index contributed by atoms with van der Waals surface area (Å²) >= 11 is 0. The number of amides is 2. The summed E-state index contributed by atoms with van der Waals surface area (Å²) in [5.41, 5.74) is 2.12. The molecule has 8 heteroatoms. The maximum atomic E-state index is 14.0. The molecule has 0 saturated carbocycles. The fourth-order valence-electron chi connectivity index (χ4n) is 5.66. The first-order valence-electron chi connectivity index (χ1n) is 12.9. The monoisotopic (exact) mass is 507 g/mol. The Kier molecular flexibility index (Phi) is 7.20. The van der Waals surface area contributed by atoms with Gasteiger partial charge in [0.25, 0.3) is 5.91 Å². The SMILES string of the molecule is Cc1c(C(=O)N2CCC[C@](COc3ccc(F)cc3)(CC(=O)N3CCOCC3)C2)c2ccccc2n1C. The van der Waals surface area contributed by atoms with Gasteiger partial charge in [0, 0.05) is 61.7 Å². The van der Waals surface area contributed by atoms with Crippen molar-refractivity contribution in [3.8, 4) is 5.75 Å². The van der Waals surface area contributed by atoms with Crippen LogP contribution in [0.1, 0.15) is 35.3 Å². The number of fused-ring (bicyclic) bond motifs is 1. The number of hydrogen-bond acceptors (Lipinski definition) is 4. The van der Waals surface area contributed by atoms with Crippen LogP contribution in [0.3, 0.4) is 0 Å². The number of ether oxygens (including phenoxy) is 2. The second-order valence-corrected chi connectivity index (χ2v) is 10.3. The average Bonchev–Trinajstić information content (AvgIpc) is 3.18. The molecular weight excluding hydrogens is 473 g/mol. The molecule has 2 amide bonds. The number of benzene rings is 2. The van der Waals surface area contributed by atoms with Gasteiger partial charge in [0.1, 0.15) is 11.6 Å². The molecule has 0 aliphatic carbocycles. The molecule has 2 aliphatic heterocycles. The van der Waals surface area contributed by atoms with Crippen LogP contribution in [0.15, 0.2) is 48.5 Å². The van der Waals surface area contributed by atoms with Gasteiger partial charge < -0.3 is 23.8 Å². The number of hydrogen-bond donors (Lipinski definition) is 0. The number of morpholine rings is 1. The average molecular weight is 508 g/mol. The van der Waals surface area contributed by atoms with Crippen LogP contribution >= 0.6 is 0 Å². The molecule has 3 aromatic rings. The molecule has 37 heavy (non-hydrogen) atoms. The van der Waals surface area contributed by atoms with Gasteiger partial charge in [0.05, 0.1) is 25.4 Å². The van der Waals surface area contributed by atoms with Crippen LogP contribution in [0.2, 0.25) is 0 Å². The summed E-state index contributed by atoms with van der Waals surface area (Å²) in [7, 11) is 1.98. The topological polar surface area (TPSA) is 64.0 Å². The zero-order chi connectivity index (χ0) is 26.0. The second kappa shape index (κ2) is 10.5. The number of rotatable bonds is 6. The van der Waals surface area contributed by atoms with Crippen LogP contribution in [0.25, 0.3) is 10.9 Å². The molecule has 2 fully saturated rings. The van der Waals surface area contributed by atoms with E-state index in [2.05, 4.69) is 4.57 Å². The Balaban J connectivity index is 1.41. The first-order valence-corrected chi connectivity index (χ1v) is 12.9. The maximum Gasteiger partial charge on any atom is 0.256 e. The number of halogens is 1. The number of carbonyl (C=O) groups excluding carboxylic acids is 2. The Morgan fingerprint density at radius 2 is 1.76 bits per heavy atom. The van der Waals surface area contributed by atoms with E-state index in [1.54, 1.807) is 12.1 Å². The summed E-state index contributed by atoms with van der Waals surface area (Å²) in [6.45, 7) is 5.52. The third-order valence-corrected chi connectivity index (χ3v) is 7.81.